The number of hydrogen-bond acceptors (Lipinski definition) is 3. The second-order valence-corrected chi connectivity index (χ2v) is 4.18. The van der Waals surface area contributed by atoms with Crippen LogP contribution in [0.3, 0.4) is 0 Å². The van der Waals surface area contributed by atoms with E-state index in [1.165, 1.54) is 19.4 Å². The Balaban J connectivity index is 2.09. The van der Waals surface area contributed by atoms with Gasteiger partial charge in [0.1, 0.15) is 0 Å². The third kappa shape index (κ3) is 5.14. The number of carbonyl (C=O) groups is 1. The molecule has 0 aromatic heterocycles. The van der Waals surface area contributed by atoms with Crippen molar-refractivity contribution in [2.75, 3.05) is 39.3 Å². The molecule has 1 rings (SSSR count). The fourth-order valence-electron chi connectivity index (χ4n) is 1.87. The highest BCUT2D eigenvalue weighted by Crippen LogP contribution is 2.03. The molecule has 1 N–H and O–H groups in total. The number of carboxylic acid groups (broad SMARTS) is 1. The van der Waals surface area contributed by atoms with Gasteiger partial charge in [0, 0.05) is 32.7 Å². The van der Waals surface area contributed by atoms with Gasteiger partial charge in [-0.2, -0.15) is 0 Å². The lowest BCUT2D eigenvalue weighted by Gasteiger charge is -2.34. The smallest absolute Gasteiger partial charge is 0.304 e. The van der Waals surface area contributed by atoms with Crippen molar-refractivity contribution in [3.63, 3.8) is 0 Å². The molecule has 15 heavy (non-hydrogen) atoms. The molecular formula is C11H22N2O2. The Labute approximate surface area is 91.9 Å². The van der Waals surface area contributed by atoms with Crippen LogP contribution in [0.25, 0.3) is 0 Å². The van der Waals surface area contributed by atoms with E-state index < -0.39 is 5.97 Å². The van der Waals surface area contributed by atoms with Crippen molar-refractivity contribution in [2.45, 2.75) is 26.2 Å². The number of nitrogens with zero attached hydrogens (tertiary/aromatic N) is 2. The van der Waals surface area contributed by atoms with E-state index in [0.717, 1.165) is 26.2 Å². The first-order valence-corrected chi connectivity index (χ1v) is 5.89. The average molecular weight is 214 g/mol. The molecule has 0 aromatic rings. The Morgan fingerprint density at radius 2 is 1.67 bits per heavy atom. The van der Waals surface area contributed by atoms with E-state index in [1.54, 1.807) is 0 Å². The molecule has 1 aliphatic heterocycles. The van der Waals surface area contributed by atoms with Gasteiger partial charge in [-0.3, -0.25) is 4.79 Å². The normalized spacial score (nSPS) is 19.3. The zero-order chi connectivity index (χ0) is 11.1. The van der Waals surface area contributed by atoms with Crippen LogP contribution >= 0.6 is 0 Å². The minimum absolute atomic E-state index is 0.273. The molecule has 0 spiro atoms. The zero-order valence-electron chi connectivity index (χ0n) is 9.61. The van der Waals surface area contributed by atoms with Gasteiger partial charge in [-0.1, -0.05) is 13.3 Å². The van der Waals surface area contributed by atoms with Crippen molar-refractivity contribution in [3.05, 3.63) is 0 Å². The summed E-state index contributed by atoms with van der Waals surface area (Å²) in [5.74, 6) is -0.691. The van der Waals surface area contributed by atoms with E-state index in [-0.39, 0.29) is 6.42 Å². The van der Waals surface area contributed by atoms with Crippen LogP contribution in [0.1, 0.15) is 26.2 Å². The summed E-state index contributed by atoms with van der Waals surface area (Å²) >= 11 is 0. The monoisotopic (exact) mass is 214 g/mol. The largest absolute Gasteiger partial charge is 0.481 e. The molecule has 0 atom stereocenters. The fourth-order valence-corrected chi connectivity index (χ4v) is 1.87. The Hall–Kier alpha value is -0.610. The highest BCUT2D eigenvalue weighted by Gasteiger charge is 2.16. The maximum Gasteiger partial charge on any atom is 0.304 e. The third-order valence-electron chi connectivity index (χ3n) is 2.93. The first-order chi connectivity index (χ1) is 7.22. The zero-order valence-corrected chi connectivity index (χ0v) is 9.61. The van der Waals surface area contributed by atoms with Crippen LogP contribution < -0.4 is 0 Å². The predicted molar refractivity (Wildman–Crippen MR) is 60.0 cm³/mol. The Morgan fingerprint density at radius 1 is 1.13 bits per heavy atom. The molecule has 0 saturated carbocycles. The first kappa shape index (κ1) is 12.5. The van der Waals surface area contributed by atoms with Crippen molar-refractivity contribution in [1.82, 2.24) is 9.80 Å². The van der Waals surface area contributed by atoms with Gasteiger partial charge in [-0.05, 0) is 13.0 Å². The van der Waals surface area contributed by atoms with Crippen LogP contribution in [-0.4, -0.2) is 60.1 Å². The molecule has 4 heteroatoms. The number of rotatable bonds is 6. The van der Waals surface area contributed by atoms with Crippen LogP contribution in [0.4, 0.5) is 0 Å². The van der Waals surface area contributed by atoms with Gasteiger partial charge in [0.25, 0.3) is 0 Å². The van der Waals surface area contributed by atoms with Crippen LogP contribution in [-0.2, 0) is 4.79 Å². The summed E-state index contributed by atoms with van der Waals surface area (Å²) in [7, 11) is 0. The van der Waals surface area contributed by atoms with E-state index in [9.17, 15) is 4.79 Å². The van der Waals surface area contributed by atoms with E-state index in [0.29, 0.717) is 6.54 Å². The lowest BCUT2D eigenvalue weighted by atomic mass is 10.2. The predicted octanol–water partition coefficient (Wildman–Crippen LogP) is 0.879. The summed E-state index contributed by atoms with van der Waals surface area (Å²) in [5, 5.41) is 8.58. The van der Waals surface area contributed by atoms with E-state index in [1.807, 2.05) is 0 Å². The minimum Gasteiger partial charge on any atom is -0.481 e. The van der Waals surface area contributed by atoms with Crippen molar-refractivity contribution >= 4 is 5.97 Å². The second-order valence-electron chi connectivity index (χ2n) is 4.18. The average Bonchev–Trinajstić information content (AvgIpc) is 2.25. The van der Waals surface area contributed by atoms with Gasteiger partial charge in [0.15, 0.2) is 0 Å². The number of hydrogen-bond donors (Lipinski definition) is 1. The van der Waals surface area contributed by atoms with Crippen LogP contribution in [0.5, 0.6) is 0 Å². The SMILES string of the molecule is CCCCN1CCN(CCC(=O)O)CC1. The van der Waals surface area contributed by atoms with Gasteiger partial charge < -0.3 is 14.9 Å². The number of piperazine rings is 1. The maximum absolute atomic E-state index is 10.4. The Bertz CT molecular complexity index is 189. The lowest BCUT2D eigenvalue weighted by molar-refractivity contribution is -0.137. The Kier molecular flexibility index (Phi) is 5.65. The molecule has 1 heterocycles. The van der Waals surface area contributed by atoms with Gasteiger partial charge in [-0.15, -0.1) is 0 Å². The second kappa shape index (κ2) is 6.80. The highest BCUT2D eigenvalue weighted by molar-refractivity contribution is 5.66. The molecule has 0 bridgehead atoms. The molecule has 1 fully saturated rings. The minimum atomic E-state index is -0.691. The molecular weight excluding hydrogens is 192 g/mol. The van der Waals surface area contributed by atoms with Crippen LogP contribution in [0, 0.1) is 0 Å². The maximum atomic E-state index is 10.4. The standard InChI is InChI=1S/C11H22N2O2/c1-2-3-5-12-7-9-13(10-8-12)6-4-11(14)15/h2-10H2,1H3,(H,14,15). The summed E-state index contributed by atoms with van der Waals surface area (Å²) in [6, 6.07) is 0. The van der Waals surface area contributed by atoms with E-state index in [4.69, 9.17) is 5.11 Å². The topological polar surface area (TPSA) is 43.8 Å². The molecule has 0 amide bonds. The van der Waals surface area contributed by atoms with E-state index >= 15 is 0 Å². The summed E-state index contributed by atoms with van der Waals surface area (Å²) in [6.45, 7) is 8.36. The van der Waals surface area contributed by atoms with Gasteiger partial charge in [0.05, 0.1) is 6.42 Å². The van der Waals surface area contributed by atoms with Crippen molar-refractivity contribution in [2.24, 2.45) is 0 Å². The summed E-state index contributed by atoms with van der Waals surface area (Å²) in [6.07, 6.45) is 2.79. The quantitative estimate of drug-likeness (QED) is 0.713. The lowest BCUT2D eigenvalue weighted by Crippen LogP contribution is -2.46. The van der Waals surface area contributed by atoms with Crippen LogP contribution in [0.2, 0.25) is 0 Å². The molecule has 0 aliphatic carbocycles. The number of unbranched alkanes of at least 4 members (excludes halogenated alkanes) is 1. The summed E-state index contributed by atoms with van der Waals surface area (Å²) in [4.78, 5) is 15.1. The van der Waals surface area contributed by atoms with Crippen LogP contribution in [0.15, 0.2) is 0 Å². The van der Waals surface area contributed by atoms with Gasteiger partial charge in [-0.25, -0.2) is 0 Å². The number of aliphatic carboxylic acids is 1. The fraction of sp³-hybridized carbons (Fsp3) is 0.909. The number of carboxylic acids is 1. The third-order valence-corrected chi connectivity index (χ3v) is 2.93. The van der Waals surface area contributed by atoms with Gasteiger partial charge >= 0.3 is 5.97 Å². The molecule has 0 unspecified atom stereocenters. The first-order valence-electron chi connectivity index (χ1n) is 5.89. The molecule has 0 aromatic carbocycles. The molecule has 1 aliphatic rings. The Morgan fingerprint density at radius 3 is 2.13 bits per heavy atom. The van der Waals surface area contributed by atoms with Crippen molar-refractivity contribution in [3.8, 4) is 0 Å². The summed E-state index contributed by atoms with van der Waals surface area (Å²) < 4.78 is 0. The van der Waals surface area contributed by atoms with E-state index in [2.05, 4.69) is 16.7 Å². The van der Waals surface area contributed by atoms with Gasteiger partial charge in [0.2, 0.25) is 0 Å². The molecule has 1 saturated heterocycles. The summed E-state index contributed by atoms with van der Waals surface area (Å²) in [5.41, 5.74) is 0. The van der Waals surface area contributed by atoms with Crippen molar-refractivity contribution in [1.29, 1.82) is 0 Å². The molecule has 0 radical (unpaired) electrons. The molecule has 88 valence electrons. The highest BCUT2D eigenvalue weighted by atomic mass is 16.4. The van der Waals surface area contributed by atoms with Crippen molar-refractivity contribution < 1.29 is 9.90 Å². The molecule has 4 nitrogen and oxygen atoms in total.